The summed E-state index contributed by atoms with van der Waals surface area (Å²) in [5, 5.41) is 0. The van der Waals surface area contributed by atoms with Gasteiger partial charge in [-0.3, -0.25) is 4.79 Å². The molecule has 3 nitrogen and oxygen atoms in total. The molecule has 1 aliphatic rings. The van der Waals surface area contributed by atoms with Gasteiger partial charge in [0, 0.05) is 31.9 Å². The summed E-state index contributed by atoms with van der Waals surface area (Å²) in [5.41, 5.74) is 5.25. The van der Waals surface area contributed by atoms with Crippen LogP contribution in [0.2, 0.25) is 0 Å². The molecular formula is C33H41FN2O. The summed E-state index contributed by atoms with van der Waals surface area (Å²) < 4.78 is 13.4. The van der Waals surface area contributed by atoms with Gasteiger partial charge < -0.3 is 9.80 Å². The molecule has 1 aliphatic carbocycles. The van der Waals surface area contributed by atoms with Gasteiger partial charge in [-0.25, -0.2) is 4.39 Å². The number of nitrogens with zero attached hydrogens (tertiary/aromatic N) is 2. The lowest BCUT2D eigenvalue weighted by Crippen LogP contribution is -2.37. The Hall–Kier alpha value is -3.14. The second-order valence-corrected chi connectivity index (χ2v) is 11.5. The summed E-state index contributed by atoms with van der Waals surface area (Å²) in [6.07, 6.45) is 6.82. The molecule has 0 heterocycles. The van der Waals surface area contributed by atoms with Crippen LogP contribution >= 0.6 is 0 Å². The number of hydrogen-bond donors (Lipinski definition) is 0. The fourth-order valence-corrected chi connectivity index (χ4v) is 5.30. The van der Waals surface area contributed by atoms with E-state index in [1.165, 1.54) is 49.8 Å². The number of hydrogen-bond acceptors (Lipinski definition) is 2. The third-order valence-corrected chi connectivity index (χ3v) is 7.70. The number of carbonyl (C=O) groups excluding carboxylic acids is 1. The van der Waals surface area contributed by atoms with E-state index in [9.17, 15) is 9.18 Å². The van der Waals surface area contributed by atoms with Gasteiger partial charge in [0.05, 0.1) is 5.56 Å². The van der Waals surface area contributed by atoms with Crippen molar-refractivity contribution in [2.75, 3.05) is 18.5 Å². The predicted octanol–water partition coefficient (Wildman–Crippen LogP) is 7.78. The first-order chi connectivity index (χ1) is 17.7. The van der Waals surface area contributed by atoms with Crippen molar-refractivity contribution in [3.63, 3.8) is 0 Å². The number of amides is 1. The molecule has 0 N–H and O–H groups in total. The van der Waals surface area contributed by atoms with Crippen LogP contribution in [0.3, 0.4) is 0 Å². The van der Waals surface area contributed by atoms with Gasteiger partial charge in [-0.1, -0.05) is 88.6 Å². The molecule has 0 aromatic heterocycles. The first-order valence-corrected chi connectivity index (χ1v) is 13.7. The molecular weight excluding hydrogens is 459 g/mol. The van der Waals surface area contributed by atoms with Gasteiger partial charge in [0.25, 0.3) is 5.91 Å². The van der Waals surface area contributed by atoms with Crippen LogP contribution in [-0.4, -0.2) is 30.4 Å². The number of benzene rings is 3. The minimum Gasteiger partial charge on any atom is -0.371 e. The maximum absolute atomic E-state index is 14.1. The van der Waals surface area contributed by atoms with Crippen LogP contribution in [-0.2, 0) is 18.4 Å². The van der Waals surface area contributed by atoms with Crippen molar-refractivity contribution in [3.8, 4) is 0 Å². The van der Waals surface area contributed by atoms with Gasteiger partial charge in [0.1, 0.15) is 5.82 Å². The predicted molar refractivity (Wildman–Crippen MR) is 152 cm³/mol. The summed E-state index contributed by atoms with van der Waals surface area (Å²) in [7, 11) is 2.14. The number of rotatable bonds is 8. The Labute approximate surface area is 222 Å². The van der Waals surface area contributed by atoms with Gasteiger partial charge in [-0.2, -0.15) is 0 Å². The highest BCUT2D eigenvalue weighted by molar-refractivity contribution is 5.99. The van der Waals surface area contributed by atoms with Crippen LogP contribution in [0, 0.1) is 5.82 Å². The maximum atomic E-state index is 14.1. The second-order valence-electron chi connectivity index (χ2n) is 11.5. The SMILES string of the molecule is CN(c1ccccc1C(=O)N(CCc1ccc(F)cc1)Cc1ccc(C(C)(C)C)cc1)C1CCCCC1. The lowest BCUT2D eigenvalue weighted by Gasteiger charge is -2.34. The molecule has 0 spiro atoms. The summed E-state index contributed by atoms with van der Waals surface area (Å²) in [4.78, 5) is 18.4. The zero-order valence-corrected chi connectivity index (χ0v) is 22.8. The second kappa shape index (κ2) is 11.9. The van der Waals surface area contributed by atoms with Crippen LogP contribution in [0.15, 0.2) is 72.8 Å². The van der Waals surface area contributed by atoms with Gasteiger partial charge in [0.2, 0.25) is 0 Å². The molecule has 37 heavy (non-hydrogen) atoms. The highest BCUT2D eigenvalue weighted by Crippen LogP contribution is 2.30. The molecule has 3 aromatic rings. The summed E-state index contributed by atoms with van der Waals surface area (Å²) in [6.45, 7) is 7.72. The molecule has 4 heteroatoms. The monoisotopic (exact) mass is 500 g/mol. The number of anilines is 1. The average Bonchev–Trinajstić information content (AvgIpc) is 2.91. The van der Waals surface area contributed by atoms with Crippen molar-refractivity contribution in [1.29, 1.82) is 0 Å². The summed E-state index contributed by atoms with van der Waals surface area (Å²) >= 11 is 0. The standard InChI is InChI=1S/C33H41FN2O/c1-33(2,3)27-18-14-26(15-19-27)24-36(23-22-25-16-20-28(34)21-17-25)32(37)30-12-8-9-13-31(30)35(4)29-10-6-5-7-11-29/h8-9,12-21,29H,5-7,10-11,22-24H2,1-4H3. The molecule has 0 bridgehead atoms. The zero-order chi connectivity index (χ0) is 26.4. The molecule has 3 aromatic carbocycles. The van der Waals surface area contributed by atoms with E-state index in [1.54, 1.807) is 12.1 Å². The van der Waals surface area contributed by atoms with Gasteiger partial charge in [-0.15, -0.1) is 0 Å². The van der Waals surface area contributed by atoms with E-state index >= 15 is 0 Å². The molecule has 4 rings (SSSR count). The minimum atomic E-state index is -0.240. The number of carbonyl (C=O) groups is 1. The highest BCUT2D eigenvalue weighted by Gasteiger charge is 2.25. The maximum Gasteiger partial charge on any atom is 0.256 e. The van der Waals surface area contributed by atoms with Crippen LogP contribution in [0.5, 0.6) is 0 Å². The van der Waals surface area contributed by atoms with Crippen molar-refractivity contribution in [3.05, 3.63) is 101 Å². The number of para-hydroxylation sites is 1. The van der Waals surface area contributed by atoms with E-state index < -0.39 is 0 Å². The van der Waals surface area contributed by atoms with E-state index in [4.69, 9.17) is 0 Å². The minimum absolute atomic E-state index is 0.0419. The van der Waals surface area contributed by atoms with Gasteiger partial charge in [0.15, 0.2) is 0 Å². The largest absolute Gasteiger partial charge is 0.371 e. The smallest absolute Gasteiger partial charge is 0.256 e. The van der Waals surface area contributed by atoms with Crippen LogP contribution in [0.1, 0.15) is 79.9 Å². The third kappa shape index (κ3) is 7.00. The fraction of sp³-hybridized carbons (Fsp3) is 0.424. The molecule has 0 saturated heterocycles. The van der Waals surface area contributed by atoms with Crippen molar-refractivity contribution < 1.29 is 9.18 Å². The molecule has 1 saturated carbocycles. The first-order valence-electron chi connectivity index (χ1n) is 13.7. The average molecular weight is 501 g/mol. The third-order valence-electron chi connectivity index (χ3n) is 7.70. The van der Waals surface area contributed by atoms with E-state index in [0.29, 0.717) is 25.6 Å². The first kappa shape index (κ1) is 26.9. The quantitative estimate of drug-likeness (QED) is 0.315. The fourth-order valence-electron chi connectivity index (χ4n) is 5.30. The van der Waals surface area contributed by atoms with Crippen molar-refractivity contribution in [2.45, 2.75) is 77.3 Å². The molecule has 0 atom stereocenters. The Morgan fingerprint density at radius 1 is 0.865 bits per heavy atom. The van der Waals surface area contributed by atoms with E-state index in [2.05, 4.69) is 63.1 Å². The lowest BCUT2D eigenvalue weighted by molar-refractivity contribution is 0.0745. The normalized spacial score (nSPS) is 14.4. The Kier molecular flexibility index (Phi) is 8.68. The van der Waals surface area contributed by atoms with Crippen molar-refractivity contribution in [2.24, 2.45) is 0 Å². The zero-order valence-electron chi connectivity index (χ0n) is 22.8. The Balaban J connectivity index is 1.60. The number of halogens is 1. The highest BCUT2D eigenvalue weighted by atomic mass is 19.1. The molecule has 1 fully saturated rings. The summed E-state index contributed by atoms with van der Waals surface area (Å²) in [5.74, 6) is -0.199. The molecule has 0 aliphatic heterocycles. The molecule has 196 valence electrons. The van der Waals surface area contributed by atoms with E-state index in [1.807, 2.05) is 23.1 Å². The van der Waals surface area contributed by atoms with E-state index in [0.717, 1.165) is 22.4 Å². The molecule has 1 amide bonds. The van der Waals surface area contributed by atoms with Crippen molar-refractivity contribution >= 4 is 11.6 Å². The summed E-state index contributed by atoms with van der Waals surface area (Å²) in [6, 6.07) is 23.7. The van der Waals surface area contributed by atoms with Crippen molar-refractivity contribution in [1.82, 2.24) is 4.90 Å². The van der Waals surface area contributed by atoms with E-state index in [-0.39, 0.29) is 17.1 Å². The van der Waals surface area contributed by atoms with Gasteiger partial charge in [-0.05, 0) is 65.6 Å². The Morgan fingerprint density at radius 3 is 2.14 bits per heavy atom. The topological polar surface area (TPSA) is 23.6 Å². The molecule has 0 radical (unpaired) electrons. The van der Waals surface area contributed by atoms with Crippen LogP contribution < -0.4 is 4.90 Å². The Morgan fingerprint density at radius 2 is 1.49 bits per heavy atom. The van der Waals surface area contributed by atoms with Gasteiger partial charge >= 0.3 is 0 Å². The Bertz CT molecular complexity index is 1160. The van der Waals surface area contributed by atoms with Crippen LogP contribution in [0.4, 0.5) is 10.1 Å². The van der Waals surface area contributed by atoms with Crippen LogP contribution in [0.25, 0.3) is 0 Å². The lowest BCUT2D eigenvalue weighted by atomic mass is 9.87. The molecule has 0 unspecified atom stereocenters.